The summed E-state index contributed by atoms with van der Waals surface area (Å²) in [5.74, 6) is -0.00159. The number of nitrogens with one attached hydrogen (secondary N) is 1. The molecule has 13 nitrogen and oxygen atoms in total. The van der Waals surface area contributed by atoms with Crippen LogP contribution in [0.4, 0.5) is 11.4 Å². The lowest BCUT2D eigenvalue weighted by Crippen LogP contribution is -2.05. The minimum atomic E-state index is -5.06. The van der Waals surface area contributed by atoms with Crippen LogP contribution < -0.4 is 5.43 Å². The molecule has 5 N–H and O–H groups in total. The van der Waals surface area contributed by atoms with Crippen LogP contribution in [0, 0.1) is 0 Å². The Bertz CT molecular complexity index is 1900. The van der Waals surface area contributed by atoms with Crippen LogP contribution in [0.3, 0.4) is 0 Å². The SMILES string of the molecule is O=S(=O)(O)c1cc(S(=O)(=O)O)c2cc(/N=N/Nc3ccc4cccc(O)c4c3)c(S(=O)(=O)O)cc2c1. The van der Waals surface area contributed by atoms with Gasteiger partial charge in [0.05, 0.1) is 10.6 Å². The zero-order chi connectivity index (χ0) is 26.5. The van der Waals surface area contributed by atoms with Crippen LogP contribution >= 0.6 is 0 Å². The summed E-state index contributed by atoms with van der Waals surface area (Å²) in [5, 5.41) is 17.8. The lowest BCUT2D eigenvalue weighted by Gasteiger charge is -2.10. The van der Waals surface area contributed by atoms with Crippen LogP contribution in [0.2, 0.25) is 0 Å². The molecule has 0 atom stereocenters. The minimum Gasteiger partial charge on any atom is -0.507 e. The molecule has 36 heavy (non-hydrogen) atoms. The minimum absolute atomic E-state index is 0.00159. The lowest BCUT2D eigenvalue weighted by molar-refractivity contribution is 0.479. The Morgan fingerprint density at radius 1 is 0.667 bits per heavy atom. The zero-order valence-electron chi connectivity index (χ0n) is 17.6. The van der Waals surface area contributed by atoms with Crippen LogP contribution in [0.25, 0.3) is 21.5 Å². The molecule has 0 aliphatic rings. The topological polar surface area (TPSA) is 220 Å². The Morgan fingerprint density at radius 2 is 1.36 bits per heavy atom. The van der Waals surface area contributed by atoms with Gasteiger partial charge in [-0.05, 0) is 53.2 Å². The third-order valence-corrected chi connectivity index (χ3v) is 7.63. The van der Waals surface area contributed by atoms with Crippen molar-refractivity contribution in [1.82, 2.24) is 0 Å². The number of benzene rings is 4. The van der Waals surface area contributed by atoms with Gasteiger partial charge in [0.1, 0.15) is 21.2 Å². The monoisotopic (exact) mass is 553 g/mol. The van der Waals surface area contributed by atoms with Gasteiger partial charge in [0.2, 0.25) is 0 Å². The largest absolute Gasteiger partial charge is 0.507 e. The van der Waals surface area contributed by atoms with E-state index in [9.17, 15) is 44.0 Å². The van der Waals surface area contributed by atoms with Crippen molar-refractivity contribution in [3.05, 3.63) is 60.7 Å². The van der Waals surface area contributed by atoms with E-state index in [1.54, 1.807) is 24.3 Å². The maximum atomic E-state index is 11.9. The molecule has 0 aliphatic carbocycles. The molecule has 16 heteroatoms. The van der Waals surface area contributed by atoms with Crippen molar-refractivity contribution in [3.63, 3.8) is 0 Å². The molecule has 0 heterocycles. The van der Waals surface area contributed by atoms with Crippen molar-refractivity contribution < 1.29 is 44.0 Å². The average Bonchev–Trinajstić information content (AvgIpc) is 2.76. The molecule has 0 unspecified atom stereocenters. The highest BCUT2D eigenvalue weighted by atomic mass is 32.2. The second kappa shape index (κ2) is 8.77. The van der Waals surface area contributed by atoms with E-state index < -0.39 is 50.7 Å². The van der Waals surface area contributed by atoms with Gasteiger partial charge >= 0.3 is 0 Å². The maximum absolute atomic E-state index is 11.9. The first-order valence-corrected chi connectivity index (χ1v) is 13.9. The van der Waals surface area contributed by atoms with Gasteiger partial charge < -0.3 is 5.11 Å². The van der Waals surface area contributed by atoms with Crippen LogP contribution in [0.15, 0.2) is 85.7 Å². The van der Waals surface area contributed by atoms with Gasteiger partial charge in [-0.15, -0.1) is 5.11 Å². The van der Waals surface area contributed by atoms with Crippen molar-refractivity contribution in [3.8, 4) is 5.75 Å². The summed E-state index contributed by atoms with van der Waals surface area (Å²) in [5.41, 5.74) is 2.27. The molecule has 0 saturated carbocycles. The fourth-order valence-corrected chi connectivity index (χ4v) is 5.42. The lowest BCUT2D eigenvalue weighted by atomic mass is 10.1. The normalized spacial score (nSPS) is 13.0. The number of hydrogen-bond donors (Lipinski definition) is 5. The Hall–Kier alpha value is -3.67. The number of fused-ring (bicyclic) bond motifs is 2. The van der Waals surface area contributed by atoms with Gasteiger partial charge in [0, 0.05) is 10.8 Å². The summed E-state index contributed by atoms with van der Waals surface area (Å²) >= 11 is 0. The Kier molecular flexibility index (Phi) is 6.19. The number of aromatic hydroxyl groups is 1. The van der Waals surface area contributed by atoms with Crippen LogP contribution in [-0.4, -0.2) is 44.0 Å². The van der Waals surface area contributed by atoms with E-state index in [2.05, 4.69) is 15.8 Å². The number of nitrogens with zero attached hydrogens (tertiary/aromatic N) is 2. The molecule has 4 rings (SSSR count). The molecule has 4 aromatic rings. The molecule has 0 aliphatic heterocycles. The molecule has 0 bridgehead atoms. The smallest absolute Gasteiger partial charge is 0.296 e. The number of hydrogen-bond acceptors (Lipinski definition) is 9. The molecule has 188 valence electrons. The van der Waals surface area contributed by atoms with E-state index in [1.807, 2.05) is 0 Å². The Labute approximate surface area is 203 Å². The van der Waals surface area contributed by atoms with E-state index in [1.165, 1.54) is 12.1 Å². The molecule has 0 amide bonds. The summed E-state index contributed by atoms with van der Waals surface area (Å²) in [6, 6.07) is 12.4. The first-order valence-electron chi connectivity index (χ1n) is 9.57. The first-order chi connectivity index (χ1) is 16.6. The van der Waals surface area contributed by atoms with Gasteiger partial charge in [-0.3, -0.25) is 19.1 Å². The maximum Gasteiger partial charge on any atom is 0.296 e. The van der Waals surface area contributed by atoms with E-state index in [0.29, 0.717) is 23.2 Å². The molecular formula is C20H15N3O10S3. The van der Waals surface area contributed by atoms with Gasteiger partial charge in [0.15, 0.2) is 0 Å². The standard InChI is InChI=1S/C20H15N3O10S3/c24-18-3-1-2-11-4-5-13(8-15(11)18)21-23-22-17-10-16-12(7-20(17)36(31,32)33)6-14(34(25,26)27)9-19(16)35(28,29)30/h1-10,24H,(H,21,22)(H,25,26,27)(H,28,29,30)(H,31,32,33). The summed E-state index contributed by atoms with van der Waals surface area (Å²) in [6.07, 6.45) is 0. The average molecular weight is 554 g/mol. The third kappa shape index (κ3) is 5.13. The van der Waals surface area contributed by atoms with Gasteiger partial charge in [-0.2, -0.15) is 25.3 Å². The predicted molar refractivity (Wildman–Crippen MR) is 127 cm³/mol. The molecule has 0 fully saturated rings. The van der Waals surface area contributed by atoms with Crippen LogP contribution in [-0.2, 0) is 30.4 Å². The predicted octanol–water partition coefficient (Wildman–Crippen LogP) is 3.55. The Balaban J connectivity index is 1.87. The highest BCUT2D eigenvalue weighted by Crippen LogP contribution is 2.35. The van der Waals surface area contributed by atoms with Gasteiger partial charge in [0.25, 0.3) is 30.4 Å². The highest BCUT2D eigenvalue weighted by molar-refractivity contribution is 7.87. The summed E-state index contributed by atoms with van der Waals surface area (Å²) < 4.78 is 99.2. The van der Waals surface area contributed by atoms with Crippen molar-refractivity contribution >= 4 is 63.3 Å². The van der Waals surface area contributed by atoms with Crippen molar-refractivity contribution in [2.24, 2.45) is 10.3 Å². The van der Waals surface area contributed by atoms with E-state index >= 15 is 0 Å². The van der Waals surface area contributed by atoms with Gasteiger partial charge in [-0.25, -0.2) is 0 Å². The molecule has 0 saturated heterocycles. The second-order valence-corrected chi connectivity index (χ2v) is 11.6. The van der Waals surface area contributed by atoms with Crippen molar-refractivity contribution in [1.29, 1.82) is 0 Å². The number of phenolic OH excluding ortho intramolecular Hbond substituents is 1. The van der Waals surface area contributed by atoms with Crippen molar-refractivity contribution in [2.45, 2.75) is 14.7 Å². The second-order valence-electron chi connectivity index (χ2n) is 7.41. The van der Waals surface area contributed by atoms with E-state index in [-0.39, 0.29) is 16.5 Å². The molecule has 0 radical (unpaired) electrons. The van der Waals surface area contributed by atoms with E-state index in [0.717, 1.165) is 17.5 Å². The molecular weight excluding hydrogens is 538 g/mol. The molecule has 4 aromatic carbocycles. The van der Waals surface area contributed by atoms with Crippen LogP contribution in [0.5, 0.6) is 5.75 Å². The highest BCUT2D eigenvalue weighted by Gasteiger charge is 2.24. The first kappa shape index (κ1) is 25.4. The summed E-state index contributed by atoms with van der Waals surface area (Å²) in [4.78, 5) is -2.78. The van der Waals surface area contributed by atoms with Crippen molar-refractivity contribution in [2.75, 3.05) is 5.43 Å². The number of anilines is 1. The van der Waals surface area contributed by atoms with E-state index in [4.69, 9.17) is 0 Å². The quantitative estimate of drug-likeness (QED) is 0.132. The van der Waals surface area contributed by atoms with Gasteiger partial charge in [-0.1, -0.05) is 23.4 Å². The molecule has 0 aromatic heterocycles. The number of phenols is 1. The fraction of sp³-hybridized carbons (Fsp3) is 0. The molecule has 0 spiro atoms. The summed E-state index contributed by atoms with van der Waals surface area (Å²) in [7, 11) is -15.0. The zero-order valence-corrected chi connectivity index (χ0v) is 20.1. The fourth-order valence-electron chi connectivity index (χ4n) is 3.43. The Morgan fingerprint density at radius 3 is 2.00 bits per heavy atom. The van der Waals surface area contributed by atoms with Crippen LogP contribution in [0.1, 0.15) is 0 Å². The third-order valence-electron chi connectivity index (χ3n) is 5.02. The number of rotatable bonds is 6. The summed E-state index contributed by atoms with van der Waals surface area (Å²) in [6.45, 7) is 0.